The number of hydrogen-bond acceptors (Lipinski definition) is 2. The smallest absolute Gasteiger partial charge is 0.314 e. The van der Waals surface area contributed by atoms with Crippen LogP contribution in [0.5, 0.6) is 0 Å². The van der Waals surface area contributed by atoms with Crippen molar-refractivity contribution in [1.82, 2.24) is 0 Å². The summed E-state index contributed by atoms with van der Waals surface area (Å²) >= 11 is 11.5. The molecule has 22 heavy (non-hydrogen) atoms. The average molecular weight is 345 g/mol. The van der Waals surface area contributed by atoms with Crippen molar-refractivity contribution in [2.75, 3.05) is 10.6 Å². The molecule has 0 aliphatic rings. The van der Waals surface area contributed by atoms with Gasteiger partial charge in [-0.1, -0.05) is 23.2 Å². The third-order valence-corrected chi connectivity index (χ3v) is 2.94. The summed E-state index contributed by atoms with van der Waals surface area (Å²) in [5, 5.41) is 4.83. The minimum absolute atomic E-state index is 0.206. The highest BCUT2D eigenvalue weighted by molar-refractivity contribution is 6.44. The van der Waals surface area contributed by atoms with Gasteiger partial charge in [-0.3, -0.25) is 9.59 Å². The highest BCUT2D eigenvalue weighted by Gasteiger charge is 2.16. The van der Waals surface area contributed by atoms with Crippen LogP contribution in [-0.4, -0.2) is 11.8 Å². The molecule has 0 aliphatic carbocycles. The lowest BCUT2D eigenvalue weighted by molar-refractivity contribution is -0.133. The van der Waals surface area contributed by atoms with E-state index in [9.17, 15) is 18.4 Å². The summed E-state index contributed by atoms with van der Waals surface area (Å²) < 4.78 is 26.1. The number of carbonyl (C=O) groups is 2. The lowest BCUT2D eigenvalue weighted by Gasteiger charge is -2.08. The number of carbonyl (C=O) groups excluding carboxylic acids is 2. The van der Waals surface area contributed by atoms with Crippen LogP contribution in [0, 0.1) is 11.6 Å². The van der Waals surface area contributed by atoms with Crippen LogP contribution in [0.4, 0.5) is 20.2 Å². The largest absolute Gasteiger partial charge is 0.318 e. The van der Waals surface area contributed by atoms with E-state index in [-0.39, 0.29) is 21.4 Å². The quantitative estimate of drug-likeness (QED) is 0.813. The topological polar surface area (TPSA) is 58.2 Å². The van der Waals surface area contributed by atoms with Crippen LogP contribution in [0.25, 0.3) is 0 Å². The predicted molar refractivity (Wildman–Crippen MR) is 80.1 cm³/mol. The molecule has 2 aromatic rings. The van der Waals surface area contributed by atoms with Crippen LogP contribution < -0.4 is 10.6 Å². The first-order valence-electron chi connectivity index (χ1n) is 5.88. The second-order valence-electron chi connectivity index (χ2n) is 4.19. The van der Waals surface area contributed by atoms with Gasteiger partial charge >= 0.3 is 11.8 Å². The predicted octanol–water partition coefficient (Wildman–Crippen LogP) is 3.85. The van der Waals surface area contributed by atoms with Gasteiger partial charge in [0.15, 0.2) is 0 Å². The molecular weight excluding hydrogens is 337 g/mol. The van der Waals surface area contributed by atoms with E-state index in [0.717, 1.165) is 12.1 Å². The fourth-order valence-electron chi connectivity index (χ4n) is 1.58. The second kappa shape index (κ2) is 6.72. The van der Waals surface area contributed by atoms with Crippen molar-refractivity contribution in [3.05, 3.63) is 58.1 Å². The van der Waals surface area contributed by atoms with Gasteiger partial charge in [0.2, 0.25) is 0 Å². The first-order chi connectivity index (χ1) is 10.3. The van der Waals surface area contributed by atoms with Crippen molar-refractivity contribution in [2.45, 2.75) is 0 Å². The van der Waals surface area contributed by atoms with Crippen molar-refractivity contribution in [3.8, 4) is 0 Å². The molecule has 0 atom stereocenters. The zero-order chi connectivity index (χ0) is 16.3. The Morgan fingerprint density at radius 1 is 0.864 bits per heavy atom. The maximum atomic E-state index is 13.4. The molecule has 2 N–H and O–H groups in total. The highest BCUT2D eigenvalue weighted by Crippen LogP contribution is 2.22. The summed E-state index contributed by atoms with van der Waals surface area (Å²) in [7, 11) is 0. The molecule has 0 aliphatic heterocycles. The van der Waals surface area contributed by atoms with Crippen molar-refractivity contribution in [1.29, 1.82) is 0 Å². The maximum Gasteiger partial charge on any atom is 0.314 e. The monoisotopic (exact) mass is 344 g/mol. The van der Waals surface area contributed by atoms with E-state index in [2.05, 4.69) is 5.32 Å². The Kier molecular flexibility index (Phi) is 4.95. The third-order valence-electron chi connectivity index (χ3n) is 2.51. The molecule has 4 nitrogen and oxygen atoms in total. The highest BCUT2D eigenvalue weighted by atomic mass is 35.5. The SMILES string of the molecule is O=C(Nc1cc(Cl)cc(Cl)c1)C(=O)Nc1ccc(F)cc1F. The molecule has 2 aromatic carbocycles. The number of amides is 2. The van der Waals surface area contributed by atoms with E-state index in [4.69, 9.17) is 23.2 Å². The lowest BCUT2D eigenvalue weighted by atomic mass is 10.3. The van der Waals surface area contributed by atoms with Crippen molar-refractivity contribution >= 4 is 46.4 Å². The Bertz CT molecular complexity index is 733. The normalized spacial score (nSPS) is 10.2. The molecular formula is C14H8Cl2F2N2O2. The van der Waals surface area contributed by atoms with E-state index >= 15 is 0 Å². The number of halogens is 4. The lowest BCUT2D eigenvalue weighted by Crippen LogP contribution is -2.29. The van der Waals surface area contributed by atoms with E-state index in [0.29, 0.717) is 6.07 Å². The Labute approximate surface area is 134 Å². The molecule has 0 saturated heterocycles. The maximum absolute atomic E-state index is 13.4. The van der Waals surface area contributed by atoms with Crippen LogP contribution in [-0.2, 0) is 9.59 Å². The Morgan fingerprint density at radius 3 is 2.05 bits per heavy atom. The zero-order valence-electron chi connectivity index (χ0n) is 10.8. The van der Waals surface area contributed by atoms with Crippen molar-refractivity contribution < 1.29 is 18.4 Å². The van der Waals surface area contributed by atoms with Crippen LogP contribution >= 0.6 is 23.2 Å². The van der Waals surface area contributed by atoms with Crippen LogP contribution in [0.3, 0.4) is 0 Å². The minimum atomic E-state index is -1.12. The standard InChI is InChI=1S/C14H8Cl2F2N2O2/c15-7-3-8(16)5-10(4-7)19-13(21)14(22)20-12-2-1-9(17)6-11(12)18/h1-6H,(H,19,21)(H,20,22). The molecule has 0 fully saturated rings. The number of nitrogens with one attached hydrogen (secondary N) is 2. The number of anilines is 2. The van der Waals surface area contributed by atoms with Gasteiger partial charge in [-0.05, 0) is 30.3 Å². The van der Waals surface area contributed by atoms with Gasteiger partial charge in [0.1, 0.15) is 11.6 Å². The first kappa shape index (κ1) is 16.2. The third kappa shape index (κ3) is 4.16. The summed E-state index contributed by atoms with van der Waals surface area (Å²) in [5.41, 5.74) is -0.108. The molecule has 0 heterocycles. The number of benzene rings is 2. The van der Waals surface area contributed by atoms with Gasteiger partial charge in [0, 0.05) is 21.8 Å². The Morgan fingerprint density at radius 2 is 1.45 bits per heavy atom. The zero-order valence-corrected chi connectivity index (χ0v) is 12.3. The Balaban J connectivity index is 2.07. The molecule has 0 saturated carbocycles. The van der Waals surface area contributed by atoms with Gasteiger partial charge < -0.3 is 10.6 Å². The number of rotatable bonds is 2. The van der Waals surface area contributed by atoms with Crippen LogP contribution in [0.2, 0.25) is 10.0 Å². The average Bonchev–Trinajstić information content (AvgIpc) is 2.40. The van der Waals surface area contributed by atoms with Crippen molar-refractivity contribution in [2.24, 2.45) is 0 Å². The molecule has 0 aromatic heterocycles. The summed E-state index contributed by atoms with van der Waals surface area (Å²) in [6, 6.07) is 6.77. The van der Waals surface area contributed by atoms with E-state index in [1.807, 2.05) is 5.32 Å². The molecule has 0 unspecified atom stereocenters. The van der Waals surface area contributed by atoms with Gasteiger partial charge in [0.05, 0.1) is 5.69 Å². The second-order valence-corrected chi connectivity index (χ2v) is 5.06. The van der Waals surface area contributed by atoms with E-state index < -0.39 is 23.4 Å². The number of hydrogen-bond donors (Lipinski definition) is 2. The fourth-order valence-corrected chi connectivity index (χ4v) is 2.11. The van der Waals surface area contributed by atoms with Gasteiger partial charge in [0.25, 0.3) is 0 Å². The first-order valence-corrected chi connectivity index (χ1v) is 6.64. The molecule has 114 valence electrons. The van der Waals surface area contributed by atoms with Gasteiger partial charge in [-0.15, -0.1) is 0 Å². The molecule has 0 bridgehead atoms. The Hall–Kier alpha value is -2.18. The fraction of sp³-hybridized carbons (Fsp3) is 0. The summed E-state index contributed by atoms with van der Waals surface area (Å²) in [5.74, 6) is -3.97. The summed E-state index contributed by atoms with van der Waals surface area (Å²) in [6.07, 6.45) is 0. The van der Waals surface area contributed by atoms with E-state index in [1.54, 1.807) is 0 Å². The molecule has 0 radical (unpaired) electrons. The van der Waals surface area contributed by atoms with Crippen molar-refractivity contribution in [3.63, 3.8) is 0 Å². The summed E-state index contributed by atoms with van der Waals surface area (Å²) in [4.78, 5) is 23.4. The van der Waals surface area contributed by atoms with Crippen LogP contribution in [0.1, 0.15) is 0 Å². The molecule has 2 amide bonds. The van der Waals surface area contributed by atoms with Gasteiger partial charge in [-0.2, -0.15) is 0 Å². The van der Waals surface area contributed by atoms with Crippen LogP contribution in [0.15, 0.2) is 36.4 Å². The minimum Gasteiger partial charge on any atom is -0.318 e. The summed E-state index contributed by atoms with van der Waals surface area (Å²) in [6.45, 7) is 0. The molecule has 8 heteroatoms. The molecule has 0 spiro atoms. The van der Waals surface area contributed by atoms with E-state index in [1.165, 1.54) is 18.2 Å². The molecule has 2 rings (SSSR count). The van der Waals surface area contributed by atoms with Gasteiger partial charge in [-0.25, -0.2) is 8.78 Å².